The number of aliphatic hydroxyl groups excluding tert-OH is 1. The molecule has 0 heterocycles. The molecule has 0 amide bonds. The Balaban J connectivity index is 1.74. The fourth-order valence-corrected chi connectivity index (χ4v) is 6.80. The molecule has 3 aliphatic rings. The topological polar surface area (TPSA) is 112 Å². The zero-order valence-corrected chi connectivity index (χ0v) is 17.7. The van der Waals surface area contributed by atoms with E-state index in [2.05, 4.69) is 31.3 Å². The van der Waals surface area contributed by atoms with Gasteiger partial charge >= 0.3 is 0 Å². The SMILES string of the molecule is CC[C@H](C/C=N/NC(=N)N)[C@@]1(C)CC[C@H]2[C@@H](CCC3C[C@@H](O)CC[C@@]32C)C1=O. The zero-order chi connectivity index (χ0) is 20.5. The summed E-state index contributed by atoms with van der Waals surface area (Å²) < 4.78 is 0. The summed E-state index contributed by atoms with van der Waals surface area (Å²) in [7, 11) is 0. The fourth-order valence-electron chi connectivity index (χ4n) is 6.80. The Morgan fingerprint density at radius 2 is 2.11 bits per heavy atom. The van der Waals surface area contributed by atoms with Gasteiger partial charge in [-0.2, -0.15) is 5.10 Å². The van der Waals surface area contributed by atoms with Gasteiger partial charge in [-0.25, -0.2) is 5.43 Å². The first-order valence-electron chi connectivity index (χ1n) is 11.1. The highest BCUT2D eigenvalue weighted by molar-refractivity contribution is 5.88. The third-order valence-electron chi connectivity index (χ3n) is 8.60. The maximum absolute atomic E-state index is 13.7. The van der Waals surface area contributed by atoms with Crippen LogP contribution in [0.15, 0.2) is 5.10 Å². The number of carbonyl (C=O) groups is 1. The monoisotopic (exact) mass is 390 g/mol. The molecule has 158 valence electrons. The summed E-state index contributed by atoms with van der Waals surface area (Å²) >= 11 is 0. The molecule has 0 spiro atoms. The average molecular weight is 391 g/mol. The van der Waals surface area contributed by atoms with E-state index in [0.717, 1.165) is 57.8 Å². The van der Waals surface area contributed by atoms with Gasteiger partial charge in [-0.05, 0) is 74.5 Å². The minimum Gasteiger partial charge on any atom is -0.393 e. The van der Waals surface area contributed by atoms with Crippen LogP contribution >= 0.6 is 0 Å². The number of aliphatic hydroxyl groups is 1. The van der Waals surface area contributed by atoms with Crippen LogP contribution in [0.3, 0.4) is 0 Å². The van der Waals surface area contributed by atoms with Crippen LogP contribution in [-0.4, -0.2) is 29.2 Å². The standard InChI is InChI=1S/C22H38N4O2/c1-4-14(9-12-25-26-20(23)24)22(3)11-8-18-17(19(22)28)6-5-15-13-16(27)7-10-21(15,18)2/h12,14-18,27H,4-11,13H2,1-3H3,(H4,23,24,26)/b25-12+/t14-,15?,16+,17-,18+,21+,22-/m1/s1. The molecule has 3 fully saturated rings. The van der Waals surface area contributed by atoms with E-state index in [0.29, 0.717) is 17.6 Å². The minimum atomic E-state index is -0.296. The van der Waals surface area contributed by atoms with E-state index in [-0.39, 0.29) is 34.7 Å². The summed E-state index contributed by atoms with van der Waals surface area (Å²) in [5, 5.41) is 21.3. The highest BCUT2D eigenvalue weighted by atomic mass is 16.3. The third kappa shape index (κ3) is 3.72. The van der Waals surface area contributed by atoms with Crippen molar-refractivity contribution < 1.29 is 9.90 Å². The second-order valence-electron chi connectivity index (χ2n) is 9.92. The number of nitrogens with zero attached hydrogens (tertiary/aromatic N) is 1. The first-order chi connectivity index (χ1) is 13.2. The van der Waals surface area contributed by atoms with E-state index in [4.69, 9.17) is 11.1 Å². The molecule has 0 aromatic rings. The number of nitrogens with two attached hydrogens (primary N) is 1. The summed E-state index contributed by atoms with van der Waals surface area (Å²) in [4.78, 5) is 13.7. The maximum Gasteiger partial charge on any atom is 0.206 e. The predicted octanol–water partition coefficient (Wildman–Crippen LogP) is 3.43. The number of hydrazone groups is 1. The van der Waals surface area contributed by atoms with Gasteiger partial charge in [0.1, 0.15) is 5.78 Å². The Labute approximate surface area is 169 Å². The number of carbonyl (C=O) groups excluding carboxylic acids is 1. The molecule has 1 unspecified atom stereocenters. The molecule has 3 aliphatic carbocycles. The Kier molecular flexibility index (Phi) is 6.18. The van der Waals surface area contributed by atoms with Crippen LogP contribution in [0.5, 0.6) is 0 Å². The number of fused-ring (bicyclic) bond motifs is 3. The molecule has 0 aromatic heterocycles. The van der Waals surface area contributed by atoms with Gasteiger partial charge in [-0.1, -0.05) is 27.2 Å². The Bertz CT molecular complexity index is 636. The lowest BCUT2D eigenvalue weighted by Gasteiger charge is -2.58. The van der Waals surface area contributed by atoms with Crippen molar-refractivity contribution in [3.05, 3.63) is 0 Å². The second kappa shape index (κ2) is 8.13. The molecule has 6 heteroatoms. The van der Waals surface area contributed by atoms with Crippen LogP contribution < -0.4 is 11.2 Å². The van der Waals surface area contributed by atoms with E-state index < -0.39 is 0 Å². The first kappa shape index (κ1) is 21.3. The van der Waals surface area contributed by atoms with Crippen molar-refractivity contribution in [3.8, 4) is 0 Å². The van der Waals surface area contributed by atoms with E-state index in [1.165, 1.54) is 0 Å². The van der Waals surface area contributed by atoms with Gasteiger partial charge in [0.05, 0.1) is 6.10 Å². The number of hydrogen-bond donors (Lipinski definition) is 4. The van der Waals surface area contributed by atoms with Gasteiger partial charge < -0.3 is 10.8 Å². The second-order valence-corrected chi connectivity index (χ2v) is 9.92. The lowest BCUT2D eigenvalue weighted by Crippen LogP contribution is -2.56. The molecule has 28 heavy (non-hydrogen) atoms. The maximum atomic E-state index is 13.7. The summed E-state index contributed by atoms with van der Waals surface area (Å²) in [6.07, 6.45) is 10.3. The molecular weight excluding hydrogens is 352 g/mol. The van der Waals surface area contributed by atoms with Crippen LogP contribution in [0.2, 0.25) is 0 Å². The lowest BCUT2D eigenvalue weighted by atomic mass is 9.46. The van der Waals surface area contributed by atoms with Crippen molar-refractivity contribution in [1.82, 2.24) is 5.43 Å². The number of hydrogen-bond acceptors (Lipinski definition) is 4. The number of rotatable bonds is 5. The van der Waals surface area contributed by atoms with Gasteiger partial charge in [0.2, 0.25) is 5.96 Å². The van der Waals surface area contributed by atoms with Gasteiger partial charge in [-0.3, -0.25) is 10.2 Å². The molecule has 3 saturated carbocycles. The van der Waals surface area contributed by atoms with Crippen molar-refractivity contribution >= 4 is 18.0 Å². The summed E-state index contributed by atoms with van der Waals surface area (Å²) in [5.41, 5.74) is 7.65. The van der Waals surface area contributed by atoms with Crippen molar-refractivity contribution in [1.29, 1.82) is 5.41 Å². The molecule has 0 aliphatic heterocycles. The lowest BCUT2D eigenvalue weighted by molar-refractivity contribution is -0.157. The molecule has 0 saturated heterocycles. The van der Waals surface area contributed by atoms with Crippen LogP contribution in [0, 0.1) is 39.9 Å². The van der Waals surface area contributed by atoms with Crippen LogP contribution in [-0.2, 0) is 4.79 Å². The third-order valence-corrected chi connectivity index (χ3v) is 8.60. The number of ketones is 1. The van der Waals surface area contributed by atoms with Crippen molar-refractivity contribution in [2.45, 2.75) is 84.7 Å². The van der Waals surface area contributed by atoms with Crippen LogP contribution in [0.25, 0.3) is 0 Å². The molecule has 7 atom stereocenters. The zero-order valence-electron chi connectivity index (χ0n) is 17.7. The normalized spacial score (nSPS) is 41.9. The fraction of sp³-hybridized carbons (Fsp3) is 0.864. The number of guanidine groups is 1. The predicted molar refractivity (Wildman–Crippen MR) is 112 cm³/mol. The Morgan fingerprint density at radius 1 is 1.36 bits per heavy atom. The largest absolute Gasteiger partial charge is 0.393 e. The average Bonchev–Trinajstić information content (AvgIpc) is 2.65. The highest BCUT2D eigenvalue weighted by Gasteiger charge is 2.57. The van der Waals surface area contributed by atoms with E-state index in [1.54, 1.807) is 6.21 Å². The number of Topliss-reactive ketones (excluding diaryl/α,β-unsaturated/α-hetero) is 1. The van der Waals surface area contributed by atoms with Crippen LogP contribution in [0.1, 0.15) is 78.6 Å². The molecular formula is C22H38N4O2. The summed E-state index contributed by atoms with van der Waals surface area (Å²) in [5.74, 6) is 1.78. The van der Waals surface area contributed by atoms with Gasteiger partial charge in [-0.15, -0.1) is 0 Å². The molecule has 0 bridgehead atoms. The van der Waals surface area contributed by atoms with Gasteiger partial charge in [0.15, 0.2) is 0 Å². The first-order valence-corrected chi connectivity index (χ1v) is 11.1. The van der Waals surface area contributed by atoms with Crippen LogP contribution in [0.4, 0.5) is 0 Å². The van der Waals surface area contributed by atoms with Crippen molar-refractivity contribution in [2.75, 3.05) is 0 Å². The van der Waals surface area contributed by atoms with E-state index in [1.807, 2.05) is 0 Å². The van der Waals surface area contributed by atoms with Crippen molar-refractivity contribution in [3.63, 3.8) is 0 Å². The van der Waals surface area contributed by atoms with Gasteiger partial charge in [0, 0.05) is 17.5 Å². The van der Waals surface area contributed by atoms with E-state index in [9.17, 15) is 9.90 Å². The minimum absolute atomic E-state index is 0.147. The quantitative estimate of drug-likeness (QED) is 0.327. The summed E-state index contributed by atoms with van der Waals surface area (Å²) in [6, 6.07) is 0. The Hall–Kier alpha value is -1.43. The highest BCUT2D eigenvalue weighted by Crippen LogP contribution is 2.61. The summed E-state index contributed by atoms with van der Waals surface area (Å²) in [6.45, 7) is 6.72. The van der Waals surface area contributed by atoms with E-state index >= 15 is 0 Å². The molecule has 6 nitrogen and oxygen atoms in total. The number of nitrogens with one attached hydrogen (secondary N) is 2. The molecule has 5 N–H and O–H groups in total. The van der Waals surface area contributed by atoms with Crippen molar-refractivity contribution in [2.24, 2.45) is 45.3 Å². The Morgan fingerprint density at radius 3 is 2.79 bits per heavy atom. The smallest absolute Gasteiger partial charge is 0.206 e. The molecule has 0 radical (unpaired) electrons. The molecule has 0 aromatic carbocycles. The molecule has 3 rings (SSSR count). The van der Waals surface area contributed by atoms with Gasteiger partial charge in [0.25, 0.3) is 0 Å².